The average molecular weight is 277 g/mol. The molecule has 0 aliphatic carbocycles. The topological polar surface area (TPSA) is 55.0 Å². The molecule has 0 unspecified atom stereocenters. The molecule has 5 heteroatoms. The Labute approximate surface area is 118 Å². The smallest absolute Gasteiger partial charge is 0.225 e. The number of rotatable bonds is 4. The highest BCUT2D eigenvalue weighted by molar-refractivity contribution is 6.30. The van der Waals surface area contributed by atoms with Crippen LogP contribution in [0.15, 0.2) is 30.5 Å². The van der Waals surface area contributed by atoms with Gasteiger partial charge in [0.25, 0.3) is 0 Å². The summed E-state index contributed by atoms with van der Waals surface area (Å²) in [5, 5.41) is 0.701. The predicted octanol–water partition coefficient (Wildman–Crippen LogP) is 2.50. The Morgan fingerprint density at radius 3 is 2.84 bits per heavy atom. The van der Waals surface area contributed by atoms with Gasteiger partial charge in [0.05, 0.1) is 5.69 Å². The zero-order valence-electron chi connectivity index (χ0n) is 11.1. The summed E-state index contributed by atoms with van der Waals surface area (Å²) >= 11 is 6.03. The SMILES string of the molecule is Cc1cnc(N(C)CCN)nc1-c1cccc(Cl)c1. The van der Waals surface area contributed by atoms with Crippen LogP contribution in [0.5, 0.6) is 0 Å². The molecule has 0 amide bonds. The van der Waals surface area contributed by atoms with Crippen LogP contribution in [0, 0.1) is 6.92 Å². The molecule has 0 aliphatic rings. The van der Waals surface area contributed by atoms with E-state index in [0.717, 1.165) is 23.4 Å². The van der Waals surface area contributed by atoms with Crippen LogP contribution in [0.4, 0.5) is 5.95 Å². The second kappa shape index (κ2) is 5.99. The first-order chi connectivity index (χ1) is 9.11. The Morgan fingerprint density at radius 1 is 1.37 bits per heavy atom. The Kier molecular flexibility index (Phi) is 4.35. The molecule has 0 atom stereocenters. The highest BCUT2D eigenvalue weighted by Crippen LogP contribution is 2.24. The van der Waals surface area contributed by atoms with Crippen molar-refractivity contribution in [3.05, 3.63) is 41.0 Å². The summed E-state index contributed by atoms with van der Waals surface area (Å²) in [6.45, 7) is 3.28. The summed E-state index contributed by atoms with van der Waals surface area (Å²) in [7, 11) is 1.93. The van der Waals surface area contributed by atoms with Crippen LogP contribution >= 0.6 is 11.6 Å². The van der Waals surface area contributed by atoms with Gasteiger partial charge in [-0.2, -0.15) is 0 Å². The van der Waals surface area contributed by atoms with Gasteiger partial charge in [-0.3, -0.25) is 0 Å². The van der Waals surface area contributed by atoms with Gasteiger partial charge >= 0.3 is 0 Å². The number of halogens is 1. The maximum atomic E-state index is 6.03. The molecule has 2 N–H and O–H groups in total. The molecule has 1 aromatic carbocycles. The number of nitrogens with two attached hydrogens (primary N) is 1. The number of likely N-dealkylation sites (N-methyl/N-ethyl adjacent to an activating group) is 1. The summed E-state index contributed by atoms with van der Waals surface area (Å²) in [5.74, 6) is 0.672. The molecule has 0 saturated heterocycles. The lowest BCUT2D eigenvalue weighted by Gasteiger charge is -2.17. The Balaban J connectivity index is 2.42. The van der Waals surface area contributed by atoms with Gasteiger partial charge in [-0.15, -0.1) is 0 Å². The van der Waals surface area contributed by atoms with Gasteiger partial charge < -0.3 is 10.6 Å². The lowest BCUT2D eigenvalue weighted by atomic mass is 10.1. The van der Waals surface area contributed by atoms with E-state index in [-0.39, 0.29) is 0 Å². The molecule has 1 aromatic heterocycles. The third-order valence-corrected chi connectivity index (χ3v) is 3.10. The zero-order chi connectivity index (χ0) is 13.8. The molecule has 1 heterocycles. The molecular formula is C14H17ClN4. The van der Waals surface area contributed by atoms with Crippen molar-refractivity contribution in [2.45, 2.75) is 6.92 Å². The minimum Gasteiger partial charge on any atom is -0.343 e. The number of hydrogen-bond donors (Lipinski definition) is 1. The molecule has 2 rings (SSSR count). The van der Waals surface area contributed by atoms with E-state index in [1.54, 1.807) is 0 Å². The van der Waals surface area contributed by atoms with Crippen LogP contribution in [0.3, 0.4) is 0 Å². The van der Waals surface area contributed by atoms with E-state index in [4.69, 9.17) is 17.3 Å². The van der Waals surface area contributed by atoms with Gasteiger partial charge in [0.2, 0.25) is 5.95 Å². The first-order valence-electron chi connectivity index (χ1n) is 6.12. The molecular weight excluding hydrogens is 260 g/mol. The maximum absolute atomic E-state index is 6.03. The summed E-state index contributed by atoms with van der Waals surface area (Å²) in [6.07, 6.45) is 1.82. The van der Waals surface area contributed by atoms with E-state index in [1.807, 2.05) is 49.3 Å². The van der Waals surface area contributed by atoms with Crippen LogP contribution in [0.2, 0.25) is 5.02 Å². The van der Waals surface area contributed by atoms with Gasteiger partial charge in [-0.05, 0) is 24.6 Å². The fourth-order valence-electron chi connectivity index (χ4n) is 1.84. The van der Waals surface area contributed by atoms with E-state index in [9.17, 15) is 0 Å². The number of hydrogen-bond acceptors (Lipinski definition) is 4. The minimum absolute atomic E-state index is 0.570. The monoisotopic (exact) mass is 276 g/mol. The van der Waals surface area contributed by atoms with E-state index in [1.165, 1.54) is 0 Å². The van der Waals surface area contributed by atoms with E-state index >= 15 is 0 Å². The van der Waals surface area contributed by atoms with Gasteiger partial charge in [-0.1, -0.05) is 23.7 Å². The van der Waals surface area contributed by atoms with Crippen molar-refractivity contribution in [3.63, 3.8) is 0 Å². The van der Waals surface area contributed by atoms with Gasteiger partial charge in [0.15, 0.2) is 0 Å². The van der Waals surface area contributed by atoms with E-state index in [0.29, 0.717) is 17.5 Å². The lowest BCUT2D eigenvalue weighted by Crippen LogP contribution is -2.26. The van der Waals surface area contributed by atoms with Gasteiger partial charge in [0, 0.05) is 36.9 Å². The molecule has 100 valence electrons. The molecule has 0 bridgehead atoms. The van der Waals surface area contributed by atoms with Crippen LogP contribution < -0.4 is 10.6 Å². The largest absolute Gasteiger partial charge is 0.343 e. The van der Waals surface area contributed by atoms with Crippen LogP contribution in [-0.2, 0) is 0 Å². The number of benzene rings is 1. The van der Waals surface area contributed by atoms with Crippen LogP contribution in [-0.4, -0.2) is 30.1 Å². The standard InChI is InChI=1S/C14H17ClN4/c1-10-9-17-14(19(2)7-6-16)18-13(10)11-4-3-5-12(15)8-11/h3-5,8-9H,6-7,16H2,1-2H3. The fraction of sp³-hybridized carbons (Fsp3) is 0.286. The minimum atomic E-state index is 0.570. The van der Waals surface area contributed by atoms with Crippen molar-refractivity contribution in [2.24, 2.45) is 5.73 Å². The fourth-order valence-corrected chi connectivity index (χ4v) is 2.03. The van der Waals surface area contributed by atoms with Gasteiger partial charge in [0.1, 0.15) is 0 Å². The van der Waals surface area contributed by atoms with Gasteiger partial charge in [-0.25, -0.2) is 9.97 Å². The lowest BCUT2D eigenvalue weighted by molar-refractivity contribution is 0.845. The molecule has 0 spiro atoms. The number of aryl methyl sites for hydroxylation is 1. The Bertz CT molecular complexity index is 571. The predicted molar refractivity (Wildman–Crippen MR) is 79.5 cm³/mol. The molecule has 4 nitrogen and oxygen atoms in total. The summed E-state index contributed by atoms with van der Waals surface area (Å²) in [6, 6.07) is 7.67. The van der Waals surface area contributed by atoms with Crippen molar-refractivity contribution in [2.75, 3.05) is 25.0 Å². The first kappa shape index (κ1) is 13.8. The van der Waals surface area contributed by atoms with Crippen molar-refractivity contribution >= 4 is 17.5 Å². The number of nitrogens with zero attached hydrogens (tertiary/aromatic N) is 3. The van der Waals surface area contributed by atoms with E-state index in [2.05, 4.69) is 9.97 Å². The maximum Gasteiger partial charge on any atom is 0.225 e. The Hall–Kier alpha value is -1.65. The number of anilines is 1. The molecule has 0 aliphatic heterocycles. The second-order valence-electron chi connectivity index (χ2n) is 4.42. The third kappa shape index (κ3) is 3.22. The molecule has 0 radical (unpaired) electrons. The summed E-state index contributed by atoms with van der Waals surface area (Å²) in [5.41, 5.74) is 8.47. The highest BCUT2D eigenvalue weighted by atomic mass is 35.5. The molecule has 0 saturated carbocycles. The van der Waals surface area contributed by atoms with Crippen molar-refractivity contribution in [3.8, 4) is 11.3 Å². The van der Waals surface area contributed by atoms with Crippen molar-refractivity contribution in [1.82, 2.24) is 9.97 Å². The van der Waals surface area contributed by atoms with Crippen LogP contribution in [0.1, 0.15) is 5.56 Å². The third-order valence-electron chi connectivity index (χ3n) is 2.86. The normalized spacial score (nSPS) is 10.5. The first-order valence-corrected chi connectivity index (χ1v) is 6.50. The average Bonchev–Trinajstić information content (AvgIpc) is 2.39. The summed E-state index contributed by atoms with van der Waals surface area (Å²) < 4.78 is 0. The summed E-state index contributed by atoms with van der Waals surface area (Å²) in [4.78, 5) is 10.9. The molecule has 0 fully saturated rings. The van der Waals surface area contributed by atoms with Crippen molar-refractivity contribution < 1.29 is 0 Å². The molecule has 19 heavy (non-hydrogen) atoms. The zero-order valence-corrected chi connectivity index (χ0v) is 11.9. The van der Waals surface area contributed by atoms with Crippen molar-refractivity contribution in [1.29, 1.82) is 0 Å². The number of aromatic nitrogens is 2. The van der Waals surface area contributed by atoms with E-state index < -0.39 is 0 Å². The molecule has 2 aromatic rings. The Morgan fingerprint density at radius 2 is 2.16 bits per heavy atom. The highest BCUT2D eigenvalue weighted by Gasteiger charge is 2.09. The second-order valence-corrected chi connectivity index (χ2v) is 4.86. The van der Waals surface area contributed by atoms with Crippen LogP contribution in [0.25, 0.3) is 11.3 Å². The quantitative estimate of drug-likeness (QED) is 0.932.